The van der Waals surface area contributed by atoms with Crippen molar-refractivity contribution in [2.45, 2.75) is 26.8 Å². The number of aryl methyl sites for hydroxylation is 2. The first-order valence-electron chi connectivity index (χ1n) is 5.41. The molecule has 0 aliphatic carbocycles. The quantitative estimate of drug-likeness (QED) is 0.624. The lowest BCUT2D eigenvalue weighted by Gasteiger charge is -2.12. The minimum atomic E-state index is -0.889. The molecular weight excluding hydrogens is 238 g/mol. The Bertz CT molecular complexity index is 462. The van der Waals surface area contributed by atoms with Crippen molar-refractivity contribution in [3.8, 4) is 0 Å². The summed E-state index contributed by atoms with van der Waals surface area (Å²) in [7, 11) is 0. The molecule has 0 aliphatic rings. The van der Waals surface area contributed by atoms with Crippen LogP contribution in [0.3, 0.4) is 0 Å². The van der Waals surface area contributed by atoms with Crippen molar-refractivity contribution in [2.24, 2.45) is 0 Å². The number of aromatic nitrogens is 1. The number of hydrogen-bond acceptors (Lipinski definition) is 5. The molecule has 0 aliphatic heterocycles. The van der Waals surface area contributed by atoms with Gasteiger partial charge in [0.05, 0.1) is 11.6 Å². The normalized spacial score (nSPS) is 11.7. The van der Waals surface area contributed by atoms with E-state index in [1.165, 1.54) is 6.20 Å². The summed E-state index contributed by atoms with van der Waals surface area (Å²) in [6, 6.07) is 1.27. The van der Waals surface area contributed by atoms with E-state index in [1.807, 2.05) is 13.8 Å². The molecule has 0 saturated carbocycles. The molecule has 0 fully saturated rings. The van der Waals surface area contributed by atoms with Gasteiger partial charge in [0.25, 0.3) is 11.0 Å². The summed E-state index contributed by atoms with van der Waals surface area (Å²) in [6.07, 6.45) is 1.47. The van der Waals surface area contributed by atoms with E-state index < -0.39 is 11.1 Å². The highest BCUT2D eigenvalue weighted by molar-refractivity contribution is 5.94. The average Bonchev–Trinajstić information content (AvgIpc) is 2.30. The molecule has 0 bridgehead atoms. The van der Waals surface area contributed by atoms with Crippen LogP contribution < -0.4 is 5.32 Å². The fraction of sp³-hybridized carbons (Fsp3) is 0.455. The maximum absolute atomic E-state index is 11.8. The van der Waals surface area contributed by atoms with Gasteiger partial charge in [0.1, 0.15) is 6.61 Å². The number of carbonyl (C=O) groups excluding carboxylic acids is 1. The lowest BCUT2D eigenvalue weighted by molar-refractivity contribution is -0.758. The van der Waals surface area contributed by atoms with Gasteiger partial charge < -0.3 is 10.2 Å². The maximum atomic E-state index is 11.8. The lowest BCUT2D eigenvalue weighted by Crippen LogP contribution is -2.36. The second kappa shape index (κ2) is 5.95. The van der Waals surface area contributed by atoms with Crippen LogP contribution in [0.4, 0.5) is 0 Å². The highest BCUT2D eigenvalue weighted by Crippen LogP contribution is 2.06. The van der Waals surface area contributed by atoms with E-state index in [9.17, 15) is 14.9 Å². The smallest absolute Gasteiger partial charge is 0.294 e. The van der Waals surface area contributed by atoms with Crippen molar-refractivity contribution in [2.75, 3.05) is 6.61 Å². The van der Waals surface area contributed by atoms with Crippen molar-refractivity contribution >= 4 is 5.91 Å². The van der Waals surface area contributed by atoms with Crippen LogP contribution in [-0.4, -0.2) is 28.6 Å². The molecule has 1 N–H and O–H groups in total. The molecule has 1 aromatic heterocycles. The summed E-state index contributed by atoms with van der Waals surface area (Å²) in [6.45, 7) is 5.15. The fourth-order valence-corrected chi connectivity index (χ4v) is 1.29. The van der Waals surface area contributed by atoms with Gasteiger partial charge in [-0.3, -0.25) is 9.78 Å². The molecule has 0 aromatic carbocycles. The molecule has 0 radical (unpaired) electrons. The second-order valence-electron chi connectivity index (χ2n) is 4.02. The van der Waals surface area contributed by atoms with Gasteiger partial charge in [-0.2, -0.15) is 0 Å². The molecule has 7 nitrogen and oxygen atoms in total. The van der Waals surface area contributed by atoms with Gasteiger partial charge in [0.2, 0.25) is 0 Å². The Morgan fingerprint density at radius 1 is 1.61 bits per heavy atom. The molecule has 7 heteroatoms. The monoisotopic (exact) mass is 253 g/mol. The first kappa shape index (κ1) is 13.9. The van der Waals surface area contributed by atoms with Gasteiger partial charge in [-0.25, -0.2) is 0 Å². The van der Waals surface area contributed by atoms with E-state index in [2.05, 4.69) is 15.1 Å². The SMILES string of the molecule is Cc1cc(C(=O)NC(C)CO[N+](=O)[O-])cnc1C. The largest absolute Gasteiger partial charge is 0.348 e. The number of hydrogen-bond donors (Lipinski definition) is 1. The third-order valence-electron chi connectivity index (χ3n) is 2.41. The summed E-state index contributed by atoms with van der Waals surface area (Å²) in [5.74, 6) is -0.329. The third kappa shape index (κ3) is 4.00. The van der Waals surface area contributed by atoms with Gasteiger partial charge in [0, 0.05) is 11.9 Å². The van der Waals surface area contributed by atoms with Crippen LogP contribution in [0.15, 0.2) is 12.3 Å². The number of pyridine rings is 1. The number of nitrogens with one attached hydrogen (secondary N) is 1. The minimum Gasteiger partial charge on any atom is -0.348 e. The highest BCUT2D eigenvalue weighted by atomic mass is 16.9. The Kier molecular flexibility index (Phi) is 4.59. The standard InChI is InChI=1S/C11H15N3O4/c1-7-4-10(5-12-9(7)3)11(15)13-8(2)6-18-14(16)17/h4-5,8H,6H2,1-3H3,(H,13,15). The summed E-state index contributed by atoms with van der Waals surface area (Å²) in [5, 5.41) is 11.7. The molecule has 98 valence electrons. The Morgan fingerprint density at radius 2 is 2.28 bits per heavy atom. The van der Waals surface area contributed by atoms with Crippen molar-refractivity contribution in [3.63, 3.8) is 0 Å². The average molecular weight is 253 g/mol. The van der Waals surface area contributed by atoms with E-state index in [-0.39, 0.29) is 12.5 Å². The van der Waals surface area contributed by atoms with Gasteiger partial charge in [-0.15, -0.1) is 10.1 Å². The van der Waals surface area contributed by atoms with Crippen molar-refractivity contribution in [3.05, 3.63) is 39.2 Å². The fourth-order valence-electron chi connectivity index (χ4n) is 1.29. The Morgan fingerprint density at radius 3 is 2.83 bits per heavy atom. The van der Waals surface area contributed by atoms with Crippen molar-refractivity contribution in [1.29, 1.82) is 0 Å². The minimum absolute atomic E-state index is 0.184. The summed E-state index contributed by atoms with van der Waals surface area (Å²) >= 11 is 0. The van der Waals surface area contributed by atoms with Crippen LogP contribution in [0.2, 0.25) is 0 Å². The van der Waals surface area contributed by atoms with Gasteiger partial charge in [-0.05, 0) is 32.4 Å². The predicted octanol–water partition coefficient (Wildman–Crippen LogP) is 1.03. The zero-order valence-electron chi connectivity index (χ0n) is 10.5. The number of nitrogens with zero attached hydrogens (tertiary/aromatic N) is 2. The zero-order valence-corrected chi connectivity index (χ0v) is 10.5. The number of carbonyl (C=O) groups is 1. The molecule has 0 spiro atoms. The molecule has 1 atom stereocenters. The molecule has 0 saturated heterocycles. The summed E-state index contributed by atoms with van der Waals surface area (Å²) < 4.78 is 0. The topological polar surface area (TPSA) is 94.4 Å². The van der Waals surface area contributed by atoms with E-state index >= 15 is 0 Å². The molecule has 1 aromatic rings. The van der Waals surface area contributed by atoms with E-state index in [0.717, 1.165) is 11.3 Å². The predicted molar refractivity (Wildman–Crippen MR) is 63.6 cm³/mol. The highest BCUT2D eigenvalue weighted by Gasteiger charge is 2.12. The van der Waals surface area contributed by atoms with E-state index in [1.54, 1.807) is 13.0 Å². The molecule has 1 rings (SSSR count). The maximum Gasteiger partial charge on any atom is 0.294 e. The van der Waals surface area contributed by atoms with Crippen LogP contribution in [0, 0.1) is 24.0 Å². The van der Waals surface area contributed by atoms with Gasteiger partial charge >= 0.3 is 0 Å². The van der Waals surface area contributed by atoms with Crippen LogP contribution in [0.25, 0.3) is 0 Å². The molecule has 18 heavy (non-hydrogen) atoms. The number of rotatable bonds is 5. The third-order valence-corrected chi connectivity index (χ3v) is 2.41. The van der Waals surface area contributed by atoms with Crippen molar-refractivity contribution < 1.29 is 14.7 Å². The molecule has 1 amide bonds. The first-order valence-corrected chi connectivity index (χ1v) is 5.41. The van der Waals surface area contributed by atoms with Crippen LogP contribution in [0.1, 0.15) is 28.5 Å². The van der Waals surface area contributed by atoms with Gasteiger partial charge in [0.15, 0.2) is 0 Å². The molecule has 1 heterocycles. The molecular formula is C11H15N3O4. The summed E-state index contributed by atoms with van der Waals surface area (Å²) in [4.78, 5) is 30.0. The Hall–Kier alpha value is -2.18. The van der Waals surface area contributed by atoms with E-state index in [4.69, 9.17) is 0 Å². The Labute approximate surface area is 104 Å². The van der Waals surface area contributed by atoms with Crippen LogP contribution in [0.5, 0.6) is 0 Å². The molecule has 1 unspecified atom stereocenters. The zero-order chi connectivity index (χ0) is 13.7. The van der Waals surface area contributed by atoms with Crippen molar-refractivity contribution in [1.82, 2.24) is 10.3 Å². The van der Waals surface area contributed by atoms with Crippen LogP contribution in [-0.2, 0) is 4.84 Å². The second-order valence-corrected chi connectivity index (χ2v) is 4.02. The number of amides is 1. The Balaban J connectivity index is 2.59. The lowest BCUT2D eigenvalue weighted by atomic mass is 10.1. The first-order chi connectivity index (χ1) is 8.40. The van der Waals surface area contributed by atoms with Gasteiger partial charge in [-0.1, -0.05) is 0 Å². The summed E-state index contributed by atoms with van der Waals surface area (Å²) in [5.41, 5.74) is 2.19. The van der Waals surface area contributed by atoms with E-state index in [0.29, 0.717) is 5.56 Å². The van der Waals surface area contributed by atoms with Crippen LogP contribution >= 0.6 is 0 Å².